The molecule has 0 aliphatic rings. The van der Waals surface area contributed by atoms with E-state index in [9.17, 15) is 4.79 Å². The van der Waals surface area contributed by atoms with E-state index < -0.39 is 5.91 Å². The van der Waals surface area contributed by atoms with E-state index in [2.05, 4.69) is 23.3 Å². The maximum atomic E-state index is 11.5. The summed E-state index contributed by atoms with van der Waals surface area (Å²) in [6.07, 6.45) is 0.918. The van der Waals surface area contributed by atoms with E-state index in [1.54, 1.807) is 29.5 Å². The van der Waals surface area contributed by atoms with Gasteiger partial charge >= 0.3 is 0 Å². The van der Waals surface area contributed by atoms with Gasteiger partial charge in [0.25, 0.3) is 5.91 Å². The minimum absolute atomic E-state index is 0.244. The van der Waals surface area contributed by atoms with Crippen molar-refractivity contribution < 1.29 is 4.79 Å². The predicted molar refractivity (Wildman–Crippen MR) is 85.3 cm³/mol. The molecule has 4 nitrogen and oxygen atoms in total. The Balaban J connectivity index is 2.25. The minimum atomic E-state index is -0.435. The standard InChI is InChI=1S/C15H19N3OS/c1-10(8-12-4-3-7-20-12)18(2)14-9-11(16)5-6-13(14)15(17)19/h3-7,9-10H,8,16H2,1-2H3,(H2,17,19). The first-order chi connectivity index (χ1) is 9.49. The second kappa shape index (κ2) is 5.96. The van der Waals surface area contributed by atoms with E-state index in [4.69, 9.17) is 11.5 Å². The highest BCUT2D eigenvalue weighted by Gasteiger charge is 2.17. The first kappa shape index (κ1) is 14.4. The van der Waals surface area contributed by atoms with Gasteiger partial charge in [0, 0.05) is 30.1 Å². The second-order valence-electron chi connectivity index (χ2n) is 4.88. The average molecular weight is 289 g/mol. The fraction of sp³-hybridized carbons (Fsp3) is 0.267. The fourth-order valence-corrected chi connectivity index (χ4v) is 2.97. The lowest BCUT2D eigenvalue weighted by atomic mass is 10.1. The monoisotopic (exact) mass is 289 g/mol. The Labute approximate surface area is 123 Å². The molecule has 0 fully saturated rings. The van der Waals surface area contributed by atoms with Crippen molar-refractivity contribution in [2.24, 2.45) is 5.73 Å². The van der Waals surface area contributed by atoms with Crippen molar-refractivity contribution in [2.45, 2.75) is 19.4 Å². The summed E-state index contributed by atoms with van der Waals surface area (Å²) >= 11 is 1.73. The summed E-state index contributed by atoms with van der Waals surface area (Å²) in [4.78, 5) is 14.9. The third kappa shape index (κ3) is 3.11. The minimum Gasteiger partial charge on any atom is -0.399 e. The zero-order valence-corrected chi connectivity index (χ0v) is 12.5. The molecule has 1 aromatic carbocycles. The molecule has 0 saturated carbocycles. The van der Waals surface area contributed by atoms with Gasteiger partial charge in [0.2, 0.25) is 0 Å². The third-order valence-electron chi connectivity index (χ3n) is 3.41. The highest BCUT2D eigenvalue weighted by atomic mass is 32.1. The van der Waals surface area contributed by atoms with Gasteiger partial charge in [-0.05, 0) is 36.6 Å². The molecule has 106 valence electrons. The van der Waals surface area contributed by atoms with E-state index in [1.165, 1.54) is 4.88 Å². The van der Waals surface area contributed by atoms with E-state index in [1.807, 2.05) is 13.1 Å². The first-order valence-corrected chi connectivity index (χ1v) is 7.31. The number of thiophene rings is 1. The summed E-state index contributed by atoms with van der Waals surface area (Å²) in [6, 6.07) is 9.58. The number of rotatable bonds is 5. The number of likely N-dealkylation sites (N-methyl/N-ethyl adjacent to an activating group) is 1. The highest BCUT2D eigenvalue weighted by Crippen LogP contribution is 2.25. The molecule has 0 aliphatic carbocycles. The smallest absolute Gasteiger partial charge is 0.250 e. The van der Waals surface area contributed by atoms with Crippen molar-refractivity contribution in [3.8, 4) is 0 Å². The van der Waals surface area contributed by atoms with Gasteiger partial charge in [0.1, 0.15) is 0 Å². The molecule has 4 N–H and O–H groups in total. The molecule has 1 aromatic heterocycles. The maximum absolute atomic E-state index is 11.5. The van der Waals surface area contributed by atoms with Gasteiger partial charge in [-0.25, -0.2) is 0 Å². The van der Waals surface area contributed by atoms with Crippen molar-refractivity contribution in [3.63, 3.8) is 0 Å². The lowest BCUT2D eigenvalue weighted by Gasteiger charge is -2.28. The molecular weight excluding hydrogens is 270 g/mol. The van der Waals surface area contributed by atoms with Crippen LogP contribution >= 0.6 is 11.3 Å². The summed E-state index contributed by atoms with van der Waals surface area (Å²) in [5, 5.41) is 2.07. The van der Waals surface area contributed by atoms with Crippen LogP contribution in [0.2, 0.25) is 0 Å². The Bertz CT molecular complexity index is 595. The number of benzene rings is 1. The number of carbonyl (C=O) groups excluding carboxylic acids is 1. The summed E-state index contributed by atoms with van der Waals surface area (Å²) < 4.78 is 0. The number of nitrogens with two attached hydrogens (primary N) is 2. The largest absolute Gasteiger partial charge is 0.399 e. The molecule has 5 heteroatoms. The van der Waals surface area contributed by atoms with Crippen LogP contribution in [0.4, 0.5) is 11.4 Å². The Hall–Kier alpha value is -2.01. The van der Waals surface area contributed by atoms with Gasteiger partial charge in [0.05, 0.1) is 11.3 Å². The van der Waals surface area contributed by atoms with E-state index >= 15 is 0 Å². The summed E-state index contributed by atoms with van der Waals surface area (Å²) in [5.74, 6) is -0.435. The summed E-state index contributed by atoms with van der Waals surface area (Å²) in [5.41, 5.74) is 13.2. The molecule has 2 rings (SSSR count). The lowest BCUT2D eigenvalue weighted by molar-refractivity contribution is 0.100. The van der Waals surface area contributed by atoms with Crippen LogP contribution in [0.3, 0.4) is 0 Å². The van der Waals surface area contributed by atoms with Crippen molar-refractivity contribution in [2.75, 3.05) is 17.7 Å². The van der Waals surface area contributed by atoms with Crippen molar-refractivity contribution in [1.82, 2.24) is 0 Å². The van der Waals surface area contributed by atoms with Gasteiger partial charge in [-0.15, -0.1) is 11.3 Å². The molecule has 0 spiro atoms. The Morgan fingerprint density at radius 3 is 2.75 bits per heavy atom. The Morgan fingerprint density at radius 2 is 2.15 bits per heavy atom. The van der Waals surface area contributed by atoms with Crippen molar-refractivity contribution >= 4 is 28.6 Å². The first-order valence-electron chi connectivity index (χ1n) is 6.43. The third-order valence-corrected chi connectivity index (χ3v) is 4.30. The van der Waals surface area contributed by atoms with Gasteiger partial charge in [-0.2, -0.15) is 0 Å². The molecular formula is C15H19N3OS. The maximum Gasteiger partial charge on any atom is 0.250 e. The molecule has 20 heavy (non-hydrogen) atoms. The topological polar surface area (TPSA) is 72.3 Å². The molecule has 1 heterocycles. The van der Waals surface area contributed by atoms with Crippen LogP contribution in [0.15, 0.2) is 35.7 Å². The van der Waals surface area contributed by atoms with Crippen molar-refractivity contribution in [1.29, 1.82) is 0 Å². The van der Waals surface area contributed by atoms with Crippen LogP contribution < -0.4 is 16.4 Å². The lowest BCUT2D eigenvalue weighted by Crippen LogP contribution is -2.32. The van der Waals surface area contributed by atoms with Crippen LogP contribution in [0, 0.1) is 0 Å². The van der Waals surface area contributed by atoms with Crippen LogP contribution in [0.5, 0.6) is 0 Å². The molecule has 0 radical (unpaired) electrons. The molecule has 2 aromatic rings. The van der Waals surface area contributed by atoms with Crippen LogP contribution in [-0.4, -0.2) is 19.0 Å². The van der Waals surface area contributed by atoms with Gasteiger partial charge in [-0.3, -0.25) is 4.79 Å². The number of anilines is 2. The average Bonchev–Trinajstić information content (AvgIpc) is 2.90. The van der Waals surface area contributed by atoms with E-state index in [0.29, 0.717) is 11.3 Å². The second-order valence-corrected chi connectivity index (χ2v) is 5.92. The van der Waals surface area contributed by atoms with Crippen LogP contribution in [0.25, 0.3) is 0 Å². The zero-order valence-electron chi connectivity index (χ0n) is 11.7. The molecule has 0 bridgehead atoms. The quantitative estimate of drug-likeness (QED) is 0.831. The number of nitrogens with zero attached hydrogens (tertiary/aromatic N) is 1. The van der Waals surface area contributed by atoms with E-state index in [0.717, 1.165) is 12.1 Å². The molecule has 1 atom stereocenters. The number of amides is 1. The Kier molecular flexibility index (Phi) is 4.29. The summed E-state index contributed by atoms with van der Waals surface area (Å²) in [6.45, 7) is 2.12. The number of carbonyl (C=O) groups is 1. The Morgan fingerprint density at radius 1 is 1.40 bits per heavy atom. The molecule has 1 amide bonds. The fourth-order valence-electron chi connectivity index (χ4n) is 2.14. The molecule has 0 aliphatic heterocycles. The SMILES string of the molecule is CC(Cc1cccs1)N(C)c1cc(N)ccc1C(N)=O. The van der Waals surface area contributed by atoms with Gasteiger partial charge in [0.15, 0.2) is 0 Å². The number of primary amides is 1. The highest BCUT2D eigenvalue weighted by molar-refractivity contribution is 7.09. The normalized spacial score (nSPS) is 12.1. The van der Waals surface area contributed by atoms with Crippen molar-refractivity contribution in [3.05, 3.63) is 46.2 Å². The summed E-state index contributed by atoms with van der Waals surface area (Å²) in [7, 11) is 1.96. The van der Waals surface area contributed by atoms with Gasteiger partial charge in [-0.1, -0.05) is 6.07 Å². The van der Waals surface area contributed by atoms with Gasteiger partial charge < -0.3 is 16.4 Å². The zero-order chi connectivity index (χ0) is 14.7. The van der Waals surface area contributed by atoms with Crippen LogP contribution in [0.1, 0.15) is 22.2 Å². The predicted octanol–water partition coefficient (Wildman–Crippen LogP) is 2.50. The van der Waals surface area contributed by atoms with Crippen LogP contribution in [-0.2, 0) is 6.42 Å². The molecule has 0 saturated heterocycles. The number of nitrogen functional groups attached to an aromatic ring is 1. The number of hydrogen-bond acceptors (Lipinski definition) is 4. The van der Waals surface area contributed by atoms with E-state index in [-0.39, 0.29) is 6.04 Å². The number of hydrogen-bond donors (Lipinski definition) is 2. The molecule has 1 unspecified atom stereocenters.